The highest BCUT2D eigenvalue weighted by atomic mass is 35.5. The van der Waals surface area contributed by atoms with Gasteiger partial charge >= 0.3 is 0 Å². The molecule has 0 atom stereocenters. The first-order valence-electron chi connectivity index (χ1n) is 8.38. The highest BCUT2D eigenvalue weighted by Gasteiger charge is 2.11. The van der Waals surface area contributed by atoms with Crippen LogP contribution in [0.1, 0.15) is 16.2 Å². The Labute approximate surface area is 163 Å². The third-order valence-corrected chi connectivity index (χ3v) is 4.08. The smallest absolute Gasteiger partial charge is 0.274 e. The van der Waals surface area contributed by atoms with Gasteiger partial charge < -0.3 is 15.5 Å². The number of benzene rings is 2. The van der Waals surface area contributed by atoms with E-state index in [1.54, 1.807) is 30.3 Å². The number of nitrogens with one attached hydrogen (secondary N) is 2. The molecule has 6 nitrogen and oxygen atoms in total. The number of amides is 1. The molecule has 3 aromatic rings. The standard InChI is InChI=1S/C20H20ClN5O/c1-13-12-18(19(27)23-15-6-4-14(21)5-7-15)25-20(22-13)24-16-8-10-17(11-9-16)26(2)3/h4-12H,1-3H3,(H,23,27)(H,22,24,25). The van der Waals surface area contributed by atoms with Gasteiger partial charge in [-0.05, 0) is 61.5 Å². The van der Waals surface area contributed by atoms with Crippen LogP contribution in [0, 0.1) is 6.92 Å². The lowest BCUT2D eigenvalue weighted by Crippen LogP contribution is -2.15. The van der Waals surface area contributed by atoms with E-state index in [1.807, 2.05) is 50.2 Å². The lowest BCUT2D eigenvalue weighted by molar-refractivity contribution is 0.102. The van der Waals surface area contributed by atoms with Gasteiger partial charge in [-0.2, -0.15) is 0 Å². The fraction of sp³-hybridized carbons (Fsp3) is 0.150. The van der Waals surface area contributed by atoms with Crippen LogP contribution in [0.2, 0.25) is 5.02 Å². The van der Waals surface area contributed by atoms with E-state index in [-0.39, 0.29) is 11.6 Å². The summed E-state index contributed by atoms with van der Waals surface area (Å²) in [5.74, 6) is 0.0580. The van der Waals surface area contributed by atoms with Gasteiger partial charge in [0.05, 0.1) is 0 Å². The molecular formula is C20H20ClN5O. The predicted octanol–water partition coefficient (Wildman–Crippen LogP) is 4.50. The predicted molar refractivity (Wildman–Crippen MR) is 110 cm³/mol. The van der Waals surface area contributed by atoms with E-state index < -0.39 is 0 Å². The second-order valence-corrected chi connectivity index (χ2v) is 6.68. The number of nitrogens with zero attached hydrogens (tertiary/aromatic N) is 3. The summed E-state index contributed by atoms with van der Waals surface area (Å²) in [6, 6.07) is 16.4. The van der Waals surface area contributed by atoms with Crippen molar-refractivity contribution in [2.45, 2.75) is 6.92 Å². The Morgan fingerprint density at radius 2 is 1.59 bits per heavy atom. The SMILES string of the molecule is Cc1cc(C(=O)Nc2ccc(Cl)cc2)nc(Nc2ccc(N(C)C)cc2)n1. The molecule has 0 saturated carbocycles. The third-order valence-electron chi connectivity index (χ3n) is 3.83. The van der Waals surface area contributed by atoms with Crippen LogP contribution in [0.5, 0.6) is 0 Å². The van der Waals surface area contributed by atoms with Gasteiger partial charge in [-0.1, -0.05) is 11.6 Å². The Bertz CT molecular complexity index is 940. The summed E-state index contributed by atoms with van der Waals surface area (Å²) in [6.07, 6.45) is 0. The fourth-order valence-electron chi connectivity index (χ4n) is 2.44. The highest BCUT2D eigenvalue weighted by Crippen LogP contribution is 2.19. The van der Waals surface area contributed by atoms with Crippen LogP contribution in [0.4, 0.5) is 23.0 Å². The van der Waals surface area contributed by atoms with Crippen molar-refractivity contribution in [3.8, 4) is 0 Å². The maximum atomic E-state index is 12.5. The molecule has 0 saturated heterocycles. The molecule has 0 aliphatic heterocycles. The van der Waals surface area contributed by atoms with E-state index in [0.29, 0.717) is 22.4 Å². The molecule has 1 aromatic heterocycles. The third kappa shape index (κ3) is 4.95. The first-order valence-corrected chi connectivity index (χ1v) is 8.75. The Morgan fingerprint density at radius 3 is 2.22 bits per heavy atom. The van der Waals surface area contributed by atoms with E-state index in [9.17, 15) is 4.79 Å². The molecule has 0 aliphatic rings. The lowest BCUT2D eigenvalue weighted by Gasteiger charge is -2.13. The summed E-state index contributed by atoms with van der Waals surface area (Å²) in [4.78, 5) is 23.2. The van der Waals surface area contributed by atoms with Crippen molar-refractivity contribution in [2.75, 3.05) is 29.6 Å². The topological polar surface area (TPSA) is 70.2 Å². The van der Waals surface area contributed by atoms with Gasteiger partial charge in [0.15, 0.2) is 0 Å². The second kappa shape index (κ2) is 8.05. The van der Waals surface area contributed by atoms with Gasteiger partial charge in [0, 0.05) is 41.9 Å². The lowest BCUT2D eigenvalue weighted by atomic mass is 10.2. The number of hydrogen-bond donors (Lipinski definition) is 2. The molecule has 2 N–H and O–H groups in total. The van der Waals surface area contributed by atoms with Crippen LogP contribution in [0.15, 0.2) is 54.6 Å². The number of hydrogen-bond acceptors (Lipinski definition) is 5. The van der Waals surface area contributed by atoms with E-state index in [2.05, 4.69) is 20.6 Å². The van der Waals surface area contributed by atoms with Gasteiger partial charge in [-0.15, -0.1) is 0 Å². The van der Waals surface area contributed by atoms with Crippen LogP contribution in [-0.2, 0) is 0 Å². The summed E-state index contributed by atoms with van der Waals surface area (Å²) < 4.78 is 0. The summed E-state index contributed by atoms with van der Waals surface area (Å²) in [5, 5.41) is 6.55. The van der Waals surface area contributed by atoms with Crippen molar-refractivity contribution in [3.63, 3.8) is 0 Å². The summed E-state index contributed by atoms with van der Waals surface area (Å²) in [6.45, 7) is 1.82. The Balaban J connectivity index is 1.77. The minimum Gasteiger partial charge on any atom is -0.378 e. The molecule has 27 heavy (non-hydrogen) atoms. The molecule has 138 valence electrons. The van der Waals surface area contributed by atoms with Crippen molar-refractivity contribution < 1.29 is 4.79 Å². The van der Waals surface area contributed by atoms with Crippen LogP contribution in [-0.4, -0.2) is 30.0 Å². The largest absolute Gasteiger partial charge is 0.378 e. The van der Waals surface area contributed by atoms with Crippen LogP contribution < -0.4 is 15.5 Å². The van der Waals surface area contributed by atoms with Crippen molar-refractivity contribution in [2.24, 2.45) is 0 Å². The average Bonchev–Trinajstić information content (AvgIpc) is 2.63. The molecule has 0 bridgehead atoms. The van der Waals surface area contributed by atoms with Gasteiger partial charge in [-0.25, -0.2) is 9.97 Å². The number of anilines is 4. The zero-order valence-corrected chi connectivity index (χ0v) is 16.1. The van der Waals surface area contributed by atoms with E-state index in [1.165, 1.54) is 0 Å². The van der Waals surface area contributed by atoms with Gasteiger partial charge in [0.2, 0.25) is 5.95 Å². The van der Waals surface area contributed by atoms with Gasteiger partial charge in [0.1, 0.15) is 5.69 Å². The summed E-state index contributed by atoms with van der Waals surface area (Å²) in [7, 11) is 3.97. The van der Waals surface area contributed by atoms with Crippen LogP contribution in [0.25, 0.3) is 0 Å². The number of carbonyl (C=O) groups excluding carboxylic acids is 1. The Hall–Kier alpha value is -3.12. The monoisotopic (exact) mass is 381 g/mol. The summed E-state index contributed by atoms with van der Waals surface area (Å²) >= 11 is 5.87. The van der Waals surface area contributed by atoms with Gasteiger partial charge in [0.25, 0.3) is 5.91 Å². The Morgan fingerprint density at radius 1 is 0.963 bits per heavy atom. The maximum absolute atomic E-state index is 12.5. The van der Waals surface area contributed by atoms with Crippen molar-refractivity contribution in [1.29, 1.82) is 0 Å². The van der Waals surface area contributed by atoms with Crippen LogP contribution in [0.3, 0.4) is 0 Å². The minimum absolute atomic E-state index is 0.282. The van der Waals surface area contributed by atoms with Crippen molar-refractivity contribution in [1.82, 2.24) is 9.97 Å². The van der Waals surface area contributed by atoms with Gasteiger partial charge in [-0.3, -0.25) is 4.79 Å². The summed E-state index contributed by atoms with van der Waals surface area (Å²) in [5.41, 5.74) is 3.56. The molecule has 3 rings (SSSR count). The molecule has 0 spiro atoms. The van der Waals surface area contributed by atoms with E-state index in [0.717, 1.165) is 11.4 Å². The maximum Gasteiger partial charge on any atom is 0.274 e. The highest BCUT2D eigenvalue weighted by molar-refractivity contribution is 6.30. The Kier molecular flexibility index (Phi) is 5.57. The van der Waals surface area contributed by atoms with Crippen molar-refractivity contribution >= 4 is 40.5 Å². The molecule has 7 heteroatoms. The fourth-order valence-corrected chi connectivity index (χ4v) is 2.57. The molecule has 0 fully saturated rings. The quantitative estimate of drug-likeness (QED) is 0.680. The van der Waals surface area contributed by atoms with Crippen LogP contribution >= 0.6 is 11.6 Å². The number of rotatable bonds is 5. The zero-order valence-electron chi connectivity index (χ0n) is 15.3. The molecule has 1 amide bonds. The van der Waals surface area contributed by atoms with Crippen molar-refractivity contribution in [3.05, 3.63) is 71.0 Å². The average molecular weight is 382 g/mol. The normalized spacial score (nSPS) is 10.4. The van der Waals surface area contributed by atoms with E-state index >= 15 is 0 Å². The molecular weight excluding hydrogens is 362 g/mol. The molecule has 1 heterocycles. The first-order chi connectivity index (χ1) is 12.9. The molecule has 0 radical (unpaired) electrons. The van der Waals surface area contributed by atoms with E-state index in [4.69, 9.17) is 11.6 Å². The number of carbonyl (C=O) groups is 1. The number of halogens is 1. The zero-order chi connectivity index (χ0) is 19.4. The molecule has 0 aliphatic carbocycles. The minimum atomic E-state index is -0.311. The molecule has 2 aromatic carbocycles. The number of aromatic nitrogens is 2. The molecule has 0 unspecified atom stereocenters. The number of aryl methyl sites for hydroxylation is 1. The second-order valence-electron chi connectivity index (χ2n) is 6.25. The first kappa shape index (κ1) is 18.7.